The predicted octanol–water partition coefficient (Wildman–Crippen LogP) is 2.23. The van der Waals surface area contributed by atoms with Crippen molar-refractivity contribution in [1.82, 2.24) is 20.1 Å². The van der Waals surface area contributed by atoms with E-state index in [0.29, 0.717) is 30.2 Å². The lowest BCUT2D eigenvalue weighted by Crippen LogP contribution is -2.40. The standard InChI is InChI=1S/C21H22N6O2/c1-15(27-9-5-8-25-27)11-24-21(29)17-10-18-20(22-12-17)23-13-19(28)26(18)14-16-6-3-2-4-7-16/h2-10,12,15H,11,13-14H2,1H3,(H,22,23)(H,24,29). The molecule has 1 aliphatic heterocycles. The number of benzene rings is 1. The number of pyridine rings is 1. The molecule has 1 aromatic carbocycles. The highest BCUT2D eigenvalue weighted by atomic mass is 16.2. The Morgan fingerprint density at radius 2 is 2.10 bits per heavy atom. The van der Waals surface area contributed by atoms with Crippen molar-refractivity contribution in [1.29, 1.82) is 0 Å². The van der Waals surface area contributed by atoms with Gasteiger partial charge < -0.3 is 15.5 Å². The van der Waals surface area contributed by atoms with Crippen molar-refractivity contribution in [2.75, 3.05) is 23.3 Å². The molecule has 3 heterocycles. The van der Waals surface area contributed by atoms with E-state index in [-0.39, 0.29) is 24.4 Å². The normalized spacial score (nSPS) is 14.1. The first-order valence-electron chi connectivity index (χ1n) is 9.47. The number of carbonyl (C=O) groups excluding carboxylic acids is 2. The average molecular weight is 390 g/mol. The van der Waals surface area contributed by atoms with Crippen molar-refractivity contribution in [3.05, 3.63) is 72.2 Å². The van der Waals surface area contributed by atoms with Gasteiger partial charge in [-0.1, -0.05) is 30.3 Å². The molecule has 0 bridgehead atoms. The molecule has 29 heavy (non-hydrogen) atoms. The summed E-state index contributed by atoms with van der Waals surface area (Å²) < 4.78 is 1.79. The van der Waals surface area contributed by atoms with Crippen LogP contribution in [0.1, 0.15) is 28.9 Å². The Morgan fingerprint density at radius 3 is 2.86 bits per heavy atom. The van der Waals surface area contributed by atoms with Crippen molar-refractivity contribution < 1.29 is 9.59 Å². The third-order valence-corrected chi connectivity index (χ3v) is 4.85. The molecule has 8 heteroatoms. The molecule has 1 aliphatic rings. The summed E-state index contributed by atoms with van der Waals surface area (Å²) in [4.78, 5) is 31.2. The van der Waals surface area contributed by atoms with Gasteiger partial charge in [-0.05, 0) is 24.6 Å². The number of anilines is 2. The lowest BCUT2D eigenvalue weighted by molar-refractivity contribution is -0.117. The lowest BCUT2D eigenvalue weighted by atomic mass is 10.1. The summed E-state index contributed by atoms with van der Waals surface area (Å²) in [5.74, 6) is 0.298. The first-order chi connectivity index (χ1) is 14.1. The highest BCUT2D eigenvalue weighted by molar-refractivity contribution is 6.04. The predicted molar refractivity (Wildman–Crippen MR) is 110 cm³/mol. The second-order valence-electron chi connectivity index (χ2n) is 6.96. The van der Waals surface area contributed by atoms with E-state index in [1.54, 1.807) is 21.8 Å². The topological polar surface area (TPSA) is 92.1 Å². The van der Waals surface area contributed by atoms with Gasteiger partial charge in [-0.25, -0.2) is 4.98 Å². The van der Waals surface area contributed by atoms with Crippen LogP contribution < -0.4 is 15.5 Å². The molecule has 2 aromatic heterocycles. The summed E-state index contributed by atoms with van der Waals surface area (Å²) >= 11 is 0. The maximum atomic E-state index is 12.6. The van der Waals surface area contributed by atoms with Crippen molar-refractivity contribution >= 4 is 23.3 Å². The summed E-state index contributed by atoms with van der Waals surface area (Å²) in [6.07, 6.45) is 5.09. The van der Waals surface area contributed by atoms with E-state index < -0.39 is 0 Å². The molecule has 8 nitrogen and oxygen atoms in total. The van der Waals surface area contributed by atoms with Gasteiger partial charge in [0.15, 0.2) is 5.82 Å². The monoisotopic (exact) mass is 390 g/mol. The van der Waals surface area contributed by atoms with Crippen molar-refractivity contribution in [3.63, 3.8) is 0 Å². The molecule has 0 aliphatic carbocycles. The molecule has 0 radical (unpaired) electrons. The third-order valence-electron chi connectivity index (χ3n) is 4.85. The van der Waals surface area contributed by atoms with Gasteiger partial charge in [0, 0.05) is 25.1 Å². The van der Waals surface area contributed by atoms with Crippen LogP contribution in [0.25, 0.3) is 0 Å². The maximum Gasteiger partial charge on any atom is 0.252 e. The van der Waals surface area contributed by atoms with Crippen LogP contribution >= 0.6 is 0 Å². The summed E-state index contributed by atoms with van der Waals surface area (Å²) in [6.45, 7) is 3.02. The van der Waals surface area contributed by atoms with Gasteiger partial charge in [-0.15, -0.1) is 0 Å². The van der Waals surface area contributed by atoms with Gasteiger partial charge in [0.1, 0.15) is 0 Å². The van der Waals surface area contributed by atoms with Gasteiger partial charge in [0.25, 0.3) is 5.91 Å². The SMILES string of the molecule is CC(CNC(=O)c1cnc2c(c1)N(Cc1ccccc1)C(=O)CN2)n1cccn1. The number of nitrogens with one attached hydrogen (secondary N) is 2. The fraction of sp³-hybridized carbons (Fsp3) is 0.238. The van der Waals surface area contributed by atoms with Gasteiger partial charge in [-0.3, -0.25) is 14.3 Å². The number of hydrogen-bond acceptors (Lipinski definition) is 5. The molecule has 148 valence electrons. The summed E-state index contributed by atoms with van der Waals surface area (Å²) in [5.41, 5.74) is 2.03. The molecule has 2 N–H and O–H groups in total. The Morgan fingerprint density at radius 1 is 1.28 bits per heavy atom. The Kier molecular flexibility index (Phi) is 5.24. The van der Waals surface area contributed by atoms with Crippen LogP contribution in [0.2, 0.25) is 0 Å². The second kappa shape index (κ2) is 8.14. The van der Waals surface area contributed by atoms with Crippen molar-refractivity contribution in [2.45, 2.75) is 19.5 Å². The molecule has 1 atom stereocenters. The first kappa shape index (κ1) is 18.7. The lowest BCUT2D eigenvalue weighted by Gasteiger charge is -2.29. The van der Waals surface area contributed by atoms with Crippen LogP contribution in [0.5, 0.6) is 0 Å². The van der Waals surface area contributed by atoms with Crippen LogP contribution in [0.3, 0.4) is 0 Å². The first-order valence-corrected chi connectivity index (χ1v) is 9.47. The molecule has 0 fully saturated rings. The summed E-state index contributed by atoms with van der Waals surface area (Å²) in [6, 6.07) is 13.3. The van der Waals surface area contributed by atoms with Crippen LogP contribution in [0, 0.1) is 0 Å². The van der Waals surface area contributed by atoms with Gasteiger partial charge in [-0.2, -0.15) is 5.10 Å². The van der Waals surface area contributed by atoms with Crippen LogP contribution in [-0.4, -0.2) is 39.7 Å². The molecule has 1 unspecified atom stereocenters. The second-order valence-corrected chi connectivity index (χ2v) is 6.96. The number of fused-ring (bicyclic) bond motifs is 1. The molecule has 4 rings (SSSR count). The van der Waals surface area contributed by atoms with Gasteiger partial charge in [0.2, 0.25) is 5.91 Å². The highest BCUT2D eigenvalue weighted by Gasteiger charge is 2.26. The van der Waals surface area contributed by atoms with E-state index in [1.807, 2.05) is 49.5 Å². The number of amides is 2. The largest absolute Gasteiger partial charge is 0.359 e. The molecule has 3 aromatic rings. The fourth-order valence-corrected chi connectivity index (χ4v) is 3.23. The van der Waals surface area contributed by atoms with Crippen molar-refractivity contribution in [3.8, 4) is 0 Å². The Hall–Kier alpha value is -3.68. The highest BCUT2D eigenvalue weighted by Crippen LogP contribution is 2.29. The number of carbonyl (C=O) groups is 2. The number of nitrogens with zero attached hydrogens (tertiary/aromatic N) is 4. The third kappa shape index (κ3) is 4.11. The fourth-order valence-electron chi connectivity index (χ4n) is 3.23. The molecule has 0 saturated carbocycles. The van der Waals surface area contributed by atoms with E-state index in [1.165, 1.54) is 6.20 Å². The number of aromatic nitrogens is 3. The van der Waals surface area contributed by atoms with E-state index in [2.05, 4.69) is 20.7 Å². The van der Waals surface area contributed by atoms with Crippen LogP contribution in [-0.2, 0) is 11.3 Å². The van der Waals surface area contributed by atoms with E-state index in [0.717, 1.165) is 5.56 Å². The zero-order valence-corrected chi connectivity index (χ0v) is 16.1. The molecule has 2 amide bonds. The van der Waals surface area contributed by atoms with E-state index in [4.69, 9.17) is 0 Å². The Bertz CT molecular complexity index is 1000. The minimum atomic E-state index is -0.239. The summed E-state index contributed by atoms with van der Waals surface area (Å²) in [7, 11) is 0. The zero-order valence-electron chi connectivity index (χ0n) is 16.1. The molecular weight excluding hydrogens is 368 g/mol. The average Bonchev–Trinajstić information content (AvgIpc) is 3.29. The van der Waals surface area contributed by atoms with E-state index in [9.17, 15) is 9.59 Å². The molecule has 0 spiro atoms. The van der Waals surface area contributed by atoms with Gasteiger partial charge >= 0.3 is 0 Å². The Labute approximate surface area is 168 Å². The zero-order chi connectivity index (χ0) is 20.2. The van der Waals surface area contributed by atoms with Crippen molar-refractivity contribution in [2.24, 2.45) is 0 Å². The molecule has 0 saturated heterocycles. The minimum Gasteiger partial charge on any atom is -0.359 e. The summed E-state index contributed by atoms with van der Waals surface area (Å²) in [5, 5.41) is 10.1. The van der Waals surface area contributed by atoms with E-state index >= 15 is 0 Å². The quantitative estimate of drug-likeness (QED) is 0.673. The van der Waals surface area contributed by atoms with Crippen LogP contribution in [0.4, 0.5) is 11.5 Å². The number of rotatable bonds is 6. The maximum absolute atomic E-state index is 12.6. The van der Waals surface area contributed by atoms with Crippen LogP contribution in [0.15, 0.2) is 61.1 Å². The van der Waals surface area contributed by atoms with Gasteiger partial charge in [0.05, 0.1) is 30.4 Å². The Balaban J connectivity index is 1.51. The minimum absolute atomic E-state index is 0.0253. The molecular formula is C21H22N6O2. The smallest absolute Gasteiger partial charge is 0.252 e. The number of hydrogen-bond donors (Lipinski definition) is 2.